The fourth-order valence-electron chi connectivity index (χ4n) is 1.63. The van der Waals surface area contributed by atoms with E-state index in [1.54, 1.807) is 24.3 Å². The molecule has 0 heterocycles. The van der Waals surface area contributed by atoms with Gasteiger partial charge < -0.3 is 14.6 Å². The first-order chi connectivity index (χ1) is 10.9. The summed E-state index contributed by atoms with van der Waals surface area (Å²) in [6.07, 6.45) is -3.76. The topological polar surface area (TPSA) is 38.7 Å². The van der Waals surface area contributed by atoms with Gasteiger partial charge in [0.25, 0.3) is 0 Å². The Hall–Kier alpha value is -2.44. The number of halogens is 4. The summed E-state index contributed by atoms with van der Waals surface area (Å²) in [5, 5.41) is 9.14. The van der Waals surface area contributed by atoms with Crippen molar-refractivity contribution in [3.8, 4) is 17.2 Å². The normalized spacial score (nSPS) is 11.5. The number of benzene rings is 2. The zero-order chi connectivity index (χ0) is 16.9. The van der Waals surface area contributed by atoms with E-state index >= 15 is 0 Å². The summed E-state index contributed by atoms with van der Waals surface area (Å²) >= 11 is 0. The fraction of sp³-hybridized carbons (Fsp3) is 0.250. The van der Waals surface area contributed by atoms with Gasteiger partial charge in [0.05, 0.1) is 0 Å². The van der Waals surface area contributed by atoms with E-state index in [2.05, 4.69) is 4.74 Å². The molecule has 2 aromatic rings. The van der Waals surface area contributed by atoms with Crippen LogP contribution >= 0.6 is 0 Å². The number of phenolic OH excluding ortho intramolecular Hbond substituents is 1. The molecule has 0 unspecified atom stereocenters. The van der Waals surface area contributed by atoms with Crippen LogP contribution in [-0.2, 0) is 6.61 Å². The molecule has 0 fully saturated rings. The molecule has 0 amide bonds. The summed E-state index contributed by atoms with van der Waals surface area (Å²) in [4.78, 5) is 0. The first-order valence-corrected chi connectivity index (χ1v) is 6.66. The Morgan fingerprint density at radius 3 is 1.96 bits per heavy atom. The van der Waals surface area contributed by atoms with E-state index in [1.165, 1.54) is 24.3 Å². The average Bonchev–Trinajstić information content (AvgIpc) is 2.53. The maximum Gasteiger partial charge on any atom is 0.340 e. The van der Waals surface area contributed by atoms with Crippen LogP contribution in [0.15, 0.2) is 48.5 Å². The lowest BCUT2D eigenvalue weighted by Gasteiger charge is -2.16. The van der Waals surface area contributed by atoms with Crippen molar-refractivity contribution in [2.45, 2.75) is 19.0 Å². The lowest BCUT2D eigenvalue weighted by molar-refractivity contribution is -0.148. The van der Waals surface area contributed by atoms with E-state index < -0.39 is 19.0 Å². The highest BCUT2D eigenvalue weighted by molar-refractivity contribution is 5.31. The highest BCUT2D eigenvalue weighted by atomic mass is 19.3. The SMILES string of the molecule is Oc1ccc(OCc2ccc(OCC(F)(F)C(F)F)cc2)cc1. The van der Waals surface area contributed by atoms with Crippen LogP contribution < -0.4 is 9.47 Å². The van der Waals surface area contributed by atoms with E-state index in [1.807, 2.05) is 0 Å². The highest BCUT2D eigenvalue weighted by Gasteiger charge is 2.41. The molecule has 0 radical (unpaired) electrons. The van der Waals surface area contributed by atoms with E-state index in [4.69, 9.17) is 9.84 Å². The average molecular weight is 330 g/mol. The molecule has 2 rings (SSSR count). The molecule has 2 aromatic carbocycles. The highest BCUT2D eigenvalue weighted by Crippen LogP contribution is 2.24. The Morgan fingerprint density at radius 1 is 0.870 bits per heavy atom. The first-order valence-electron chi connectivity index (χ1n) is 6.66. The number of hydrogen-bond acceptors (Lipinski definition) is 3. The Kier molecular flexibility index (Phi) is 5.31. The van der Waals surface area contributed by atoms with Crippen molar-refractivity contribution in [1.29, 1.82) is 0 Å². The second-order valence-electron chi connectivity index (χ2n) is 4.78. The van der Waals surface area contributed by atoms with Gasteiger partial charge in [-0.25, -0.2) is 8.78 Å². The number of aromatic hydroxyl groups is 1. The van der Waals surface area contributed by atoms with Crippen LogP contribution in [0.4, 0.5) is 17.6 Å². The number of hydrogen-bond donors (Lipinski definition) is 1. The smallest absolute Gasteiger partial charge is 0.340 e. The molecular weight excluding hydrogens is 316 g/mol. The minimum absolute atomic E-state index is 0.0682. The third-order valence-corrected chi connectivity index (χ3v) is 2.92. The van der Waals surface area contributed by atoms with E-state index in [9.17, 15) is 17.6 Å². The van der Waals surface area contributed by atoms with Gasteiger partial charge >= 0.3 is 12.3 Å². The molecule has 0 atom stereocenters. The van der Waals surface area contributed by atoms with Crippen LogP contribution in [-0.4, -0.2) is 24.1 Å². The number of rotatable bonds is 7. The van der Waals surface area contributed by atoms with Crippen LogP contribution in [0.2, 0.25) is 0 Å². The third-order valence-electron chi connectivity index (χ3n) is 2.92. The lowest BCUT2D eigenvalue weighted by atomic mass is 10.2. The van der Waals surface area contributed by atoms with Gasteiger partial charge in [-0.15, -0.1) is 0 Å². The molecule has 7 heteroatoms. The molecule has 0 saturated carbocycles. The predicted octanol–water partition coefficient (Wildman–Crippen LogP) is 4.25. The Balaban J connectivity index is 1.86. The molecule has 0 aliphatic heterocycles. The number of alkyl halides is 4. The Morgan fingerprint density at radius 2 is 1.39 bits per heavy atom. The summed E-state index contributed by atoms with van der Waals surface area (Å²) in [5.41, 5.74) is 0.742. The van der Waals surface area contributed by atoms with Crippen LogP contribution in [0.3, 0.4) is 0 Å². The van der Waals surface area contributed by atoms with Crippen molar-refractivity contribution in [3.05, 3.63) is 54.1 Å². The van der Waals surface area contributed by atoms with Gasteiger partial charge in [-0.05, 0) is 42.0 Å². The standard InChI is InChI=1S/C16H14F4O3/c17-15(18)16(19,20)10-23-14-5-1-11(2-6-14)9-22-13-7-3-12(21)4-8-13/h1-8,15,21H,9-10H2. The second-order valence-corrected chi connectivity index (χ2v) is 4.78. The summed E-state index contributed by atoms with van der Waals surface area (Å²) < 4.78 is 59.6. The van der Waals surface area contributed by atoms with Crippen molar-refractivity contribution in [2.75, 3.05) is 6.61 Å². The molecule has 23 heavy (non-hydrogen) atoms. The molecule has 0 aromatic heterocycles. The molecule has 124 valence electrons. The minimum Gasteiger partial charge on any atom is -0.508 e. The predicted molar refractivity (Wildman–Crippen MR) is 75.3 cm³/mol. The maximum absolute atomic E-state index is 12.7. The molecule has 0 aliphatic rings. The Labute approximate surface area is 130 Å². The second kappa shape index (κ2) is 7.21. The minimum atomic E-state index is -4.18. The number of phenols is 1. The van der Waals surface area contributed by atoms with Crippen molar-refractivity contribution >= 4 is 0 Å². The van der Waals surface area contributed by atoms with Gasteiger partial charge in [0.2, 0.25) is 0 Å². The van der Waals surface area contributed by atoms with Crippen LogP contribution in [0.5, 0.6) is 17.2 Å². The van der Waals surface area contributed by atoms with Gasteiger partial charge in [-0.3, -0.25) is 0 Å². The van der Waals surface area contributed by atoms with Crippen LogP contribution in [0, 0.1) is 0 Å². The largest absolute Gasteiger partial charge is 0.508 e. The zero-order valence-electron chi connectivity index (χ0n) is 11.9. The van der Waals surface area contributed by atoms with Gasteiger partial charge in [-0.2, -0.15) is 8.78 Å². The van der Waals surface area contributed by atoms with Crippen molar-refractivity contribution < 1.29 is 32.1 Å². The zero-order valence-corrected chi connectivity index (χ0v) is 11.9. The van der Waals surface area contributed by atoms with Crippen molar-refractivity contribution in [3.63, 3.8) is 0 Å². The van der Waals surface area contributed by atoms with Gasteiger partial charge in [0.15, 0.2) is 6.61 Å². The van der Waals surface area contributed by atoms with Crippen molar-refractivity contribution in [1.82, 2.24) is 0 Å². The van der Waals surface area contributed by atoms with Gasteiger partial charge in [0, 0.05) is 0 Å². The van der Waals surface area contributed by atoms with E-state index in [0.29, 0.717) is 5.75 Å². The molecular formula is C16H14F4O3. The summed E-state index contributed by atoms with van der Waals surface area (Å²) in [6, 6.07) is 12.1. The summed E-state index contributed by atoms with van der Waals surface area (Å²) in [5.74, 6) is -3.43. The summed E-state index contributed by atoms with van der Waals surface area (Å²) in [6.45, 7) is -1.16. The first kappa shape index (κ1) is 16.9. The molecule has 3 nitrogen and oxygen atoms in total. The number of ether oxygens (including phenoxy) is 2. The van der Waals surface area contributed by atoms with Crippen LogP contribution in [0.25, 0.3) is 0 Å². The molecule has 0 bridgehead atoms. The summed E-state index contributed by atoms with van der Waals surface area (Å²) in [7, 11) is 0. The Bertz CT molecular complexity index is 612. The molecule has 0 aliphatic carbocycles. The van der Waals surface area contributed by atoms with Gasteiger partial charge in [0.1, 0.15) is 23.9 Å². The fourth-order valence-corrected chi connectivity index (χ4v) is 1.63. The molecule has 0 spiro atoms. The van der Waals surface area contributed by atoms with Crippen LogP contribution in [0.1, 0.15) is 5.56 Å². The monoisotopic (exact) mass is 330 g/mol. The quantitative estimate of drug-likeness (QED) is 0.771. The molecule has 1 N–H and O–H groups in total. The van der Waals surface area contributed by atoms with Gasteiger partial charge in [-0.1, -0.05) is 12.1 Å². The lowest BCUT2D eigenvalue weighted by Crippen LogP contribution is -2.33. The van der Waals surface area contributed by atoms with Crippen molar-refractivity contribution in [2.24, 2.45) is 0 Å². The molecule has 0 saturated heterocycles. The van der Waals surface area contributed by atoms with E-state index in [-0.39, 0.29) is 18.1 Å². The van der Waals surface area contributed by atoms with E-state index in [0.717, 1.165) is 5.56 Å². The third kappa shape index (κ3) is 5.05. The maximum atomic E-state index is 12.7.